The first-order chi connectivity index (χ1) is 8.43. The molecule has 0 spiro atoms. The fourth-order valence-corrected chi connectivity index (χ4v) is 3.27. The molecule has 0 saturated carbocycles. The number of hydrogen-bond acceptors (Lipinski definition) is 3. The normalized spacial score (nSPS) is 11.9. The molecule has 0 fully saturated rings. The van der Waals surface area contributed by atoms with Gasteiger partial charge in [0.1, 0.15) is 10.6 Å². The number of aromatic carboxylic acids is 1. The van der Waals surface area contributed by atoms with Gasteiger partial charge < -0.3 is 10.1 Å². The molecule has 0 aromatic carbocycles. The standard InChI is InChI=1S/C11H18N2O4S/c1-3-5-13(6-4-2)18(16,17)9-7-10(11(14)15)12-8-9/h7-8,12H,3-6H2,1-2H3,(H,14,15). The Morgan fingerprint density at radius 2 is 1.89 bits per heavy atom. The second-order valence-electron chi connectivity index (χ2n) is 3.96. The summed E-state index contributed by atoms with van der Waals surface area (Å²) in [7, 11) is -3.60. The first-order valence-electron chi connectivity index (χ1n) is 5.85. The summed E-state index contributed by atoms with van der Waals surface area (Å²) in [6.07, 6.45) is 2.65. The highest BCUT2D eigenvalue weighted by Crippen LogP contribution is 2.17. The SMILES string of the molecule is CCCN(CCC)S(=O)(=O)c1c[nH]c(C(=O)O)c1. The smallest absolute Gasteiger partial charge is 0.352 e. The van der Waals surface area contributed by atoms with Crippen LogP contribution in [0.25, 0.3) is 0 Å². The lowest BCUT2D eigenvalue weighted by atomic mass is 10.4. The molecule has 0 aliphatic carbocycles. The van der Waals surface area contributed by atoms with Crippen molar-refractivity contribution in [2.45, 2.75) is 31.6 Å². The van der Waals surface area contributed by atoms with E-state index in [1.54, 1.807) is 0 Å². The van der Waals surface area contributed by atoms with Gasteiger partial charge in [-0.2, -0.15) is 4.31 Å². The number of carbonyl (C=O) groups is 1. The lowest BCUT2D eigenvalue weighted by Crippen LogP contribution is -2.32. The van der Waals surface area contributed by atoms with Gasteiger partial charge in [-0.3, -0.25) is 0 Å². The van der Waals surface area contributed by atoms with Gasteiger partial charge in [0.15, 0.2) is 0 Å². The van der Waals surface area contributed by atoms with Crippen LogP contribution in [0.1, 0.15) is 37.2 Å². The Morgan fingerprint density at radius 1 is 1.33 bits per heavy atom. The van der Waals surface area contributed by atoms with Crippen LogP contribution in [0.4, 0.5) is 0 Å². The van der Waals surface area contributed by atoms with Crippen LogP contribution in [-0.2, 0) is 10.0 Å². The second kappa shape index (κ2) is 6.01. The largest absolute Gasteiger partial charge is 0.477 e. The quantitative estimate of drug-likeness (QED) is 0.788. The van der Waals surface area contributed by atoms with Crippen molar-refractivity contribution in [2.75, 3.05) is 13.1 Å². The molecule has 6 nitrogen and oxygen atoms in total. The van der Waals surface area contributed by atoms with Crippen LogP contribution >= 0.6 is 0 Å². The Balaban J connectivity index is 3.05. The van der Waals surface area contributed by atoms with Gasteiger partial charge in [0.05, 0.1) is 0 Å². The summed E-state index contributed by atoms with van der Waals surface area (Å²) in [5.74, 6) is -1.17. The van der Waals surface area contributed by atoms with Crippen LogP contribution in [0.15, 0.2) is 17.2 Å². The monoisotopic (exact) mass is 274 g/mol. The lowest BCUT2D eigenvalue weighted by Gasteiger charge is -2.19. The molecule has 1 heterocycles. The van der Waals surface area contributed by atoms with Gasteiger partial charge in [-0.15, -0.1) is 0 Å². The molecule has 2 N–H and O–H groups in total. The molecule has 1 aromatic rings. The average molecular weight is 274 g/mol. The number of nitrogens with one attached hydrogen (secondary N) is 1. The van der Waals surface area contributed by atoms with E-state index >= 15 is 0 Å². The third-order valence-electron chi connectivity index (χ3n) is 2.47. The highest BCUT2D eigenvalue weighted by atomic mass is 32.2. The Labute approximate surface area is 107 Å². The van der Waals surface area contributed by atoms with Crippen molar-refractivity contribution in [3.63, 3.8) is 0 Å². The molecule has 0 bridgehead atoms. The zero-order chi connectivity index (χ0) is 13.8. The van der Waals surface area contributed by atoms with E-state index in [0.29, 0.717) is 13.1 Å². The molecular weight excluding hydrogens is 256 g/mol. The molecule has 0 amide bonds. The van der Waals surface area contributed by atoms with Crippen LogP contribution in [0.3, 0.4) is 0 Å². The van der Waals surface area contributed by atoms with E-state index < -0.39 is 16.0 Å². The van der Waals surface area contributed by atoms with E-state index in [1.165, 1.54) is 10.5 Å². The van der Waals surface area contributed by atoms with Crippen LogP contribution < -0.4 is 0 Å². The van der Waals surface area contributed by atoms with Crippen LogP contribution in [-0.4, -0.2) is 41.9 Å². The number of aromatic amines is 1. The molecule has 102 valence electrons. The van der Waals surface area contributed by atoms with E-state index in [4.69, 9.17) is 5.11 Å². The molecule has 18 heavy (non-hydrogen) atoms. The van der Waals surface area contributed by atoms with E-state index in [2.05, 4.69) is 4.98 Å². The number of carboxylic acids is 1. The summed E-state index contributed by atoms with van der Waals surface area (Å²) in [6.45, 7) is 4.67. The highest BCUT2D eigenvalue weighted by molar-refractivity contribution is 7.89. The van der Waals surface area contributed by atoms with Crippen molar-refractivity contribution in [3.05, 3.63) is 18.0 Å². The van der Waals surface area contributed by atoms with E-state index in [1.807, 2.05) is 13.8 Å². The number of aromatic nitrogens is 1. The third-order valence-corrected chi connectivity index (χ3v) is 4.35. The Morgan fingerprint density at radius 3 is 2.28 bits per heavy atom. The molecule has 0 saturated heterocycles. The van der Waals surface area contributed by atoms with Crippen molar-refractivity contribution < 1.29 is 18.3 Å². The second-order valence-corrected chi connectivity index (χ2v) is 5.90. The van der Waals surface area contributed by atoms with Crippen LogP contribution in [0.5, 0.6) is 0 Å². The highest BCUT2D eigenvalue weighted by Gasteiger charge is 2.25. The zero-order valence-corrected chi connectivity index (χ0v) is 11.3. The number of hydrogen-bond donors (Lipinski definition) is 2. The predicted molar refractivity (Wildman–Crippen MR) is 67.1 cm³/mol. The van der Waals surface area contributed by atoms with Gasteiger partial charge >= 0.3 is 5.97 Å². The summed E-state index contributed by atoms with van der Waals surface area (Å²) in [5.41, 5.74) is -0.124. The minimum absolute atomic E-state index is 0.00167. The third kappa shape index (κ3) is 3.11. The summed E-state index contributed by atoms with van der Waals surface area (Å²) in [5, 5.41) is 8.77. The van der Waals surface area contributed by atoms with E-state index in [0.717, 1.165) is 18.9 Å². The summed E-state index contributed by atoms with van der Waals surface area (Å²) in [6, 6.07) is 1.15. The van der Waals surface area contributed by atoms with Crippen LogP contribution in [0, 0.1) is 0 Å². The van der Waals surface area contributed by atoms with Crippen molar-refractivity contribution >= 4 is 16.0 Å². The fourth-order valence-electron chi connectivity index (χ4n) is 1.65. The molecule has 0 aliphatic heterocycles. The minimum atomic E-state index is -3.60. The molecular formula is C11H18N2O4S. The maximum atomic E-state index is 12.3. The number of nitrogens with zero attached hydrogens (tertiary/aromatic N) is 1. The molecule has 7 heteroatoms. The Hall–Kier alpha value is -1.34. The van der Waals surface area contributed by atoms with Gasteiger partial charge in [0.25, 0.3) is 0 Å². The van der Waals surface area contributed by atoms with Crippen molar-refractivity contribution in [1.29, 1.82) is 0 Å². The molecule has 1 rings (SSSR count). The lowest BCUT2D eigenvalue weighted by molar-refractivity contribution is 0.0691. The van der Waals surface area contributed by atoms with Crippen molar-refractivity contribution in [3.8, 4) is 0 Å². The van der Waals surface area contributed by atoms with Gasteiger partial charge in [-0.05, 0) is 18.9 Å². The first-order valence-corrected chi connectivity index (χ1v) is 7.29. The first kappa shape index (κ1) is 14.7. The molecule has 0 unspecified atom stereocenters. The zero-order valence-electron chi connectivity index (χ0n) is 10.5. The van der Waals surface area contributed by atoms with E-state index in [9.17, 15) is 13.2 Å². The number of rotatable bonds is 7. The Kier molecular flexibility index (Phi) is 4.92. The molecule has 1 aromatic heterocycles. The summed E-state index contributed by atoms with van der Waals surface area (Å²) >= 11 is 0. The van der Waals surface area contributed by atoms with Gasteiger partial charge in [0, 0.05) is 19.3 Å². The molecule has 0 radical (unpaired) electrons. The van der Waals surface area contributed by atoms with Gasteiger partial charge in [0.2, 0.25) is 10.0 Å². The number of H-pyrrole nitrogens is 1. The maximum Gasteiger partial charge on any atom is 0.352 e. The van der Waals surface area contributed by atoms with Crippen molar-refractivity contribution in [1.82, 2.24) is 9.29 Å². The summed E-state index contributed by atoms with van der Waals surface area (Å²) < 4.78 is 25.9. The predicted octanol–water partition coefficient (Wildman–Crippen LogP) is 1.52. The van der Waals surface area contributed by atoms with Gasteiger partial charge in [-0.25, -0.2) is 13.2 Å². The Bertz CT molecular complexity index is 501. The maximum absolute atomic E-state index is 12.3. The van der Waals surface area contributed by atoms with Gasteiger partial charge in [-0.1, -0.05) is 13.8 Å². The van der Waals surface area contributed by atoms with Crippen LogP contribution in [0.2, 0.25) is 0 Å². The fraction of sp³-hybridized carbons (Fsp3) is 0.545. The summed E-state index contributed by atoms with van der Waals surface area (Å²) in [4.78, 5) is 13.2. The van der Waals surface area contributed by atoms with Crippen molar-refractivity contribution in [2.24, 2.45) is 0 Å². The average Bonchev–Trinajstić information content (AvgIpc) is 2.78. The minimum Gasteiger partial charge on any atom is -0.477 e. The molecule has 0 atom stereocenters. The molecule has 0 aliphatic rings. The number of sulfonamides is 1. The topological polar surface area (TPSA) is 90.5 Å². The number of carboxylic acid groups (broad SMARTS) is 1. The van der Waals surface area contributed by atoms with E-state index in [-0.39, 0.29) is 10.6 Å².